The lowest BCUT2D eigenvalue weighted by molar-refractivity contribution is -0.151. The van der Waals surface area contributed by atoms with E-state index in [1.54, 1.807) is 11.0 Å². The Morgan fingerprint density at radius 3 is 2.76 bits per heavy atom. The average Bonchev–Trinajstić information content (AvgIpc) is 3.25. The molecule has 0 radical (unpaired) electrons. The average molecular weight is 473 g/mol. The van der Waals surface area contributed by atoms with Gasteiger partial charge in [0.1, 0.15) is 11.6 Å². The SMILES string of the molecule is C=CCN(CCCCC)C(=O)[C@H]1N(CCO)C(=O)[C@@H]2[C@@H](C(=O)O)[C@@H]3O[C@@]21CC3Br. The van der Waals surface area contributed by atoms with Crippen molar-refractivity contribution in [1.82, 2.24) is 9.80 Å². The Balaban J connectivity index is 1.98. The topological polar surface area (TPSA) is 107 Å². The molecule has 2 amide bonds. The van der Waals surface area contributed by atoms with Crippen molar-refractivity contribution in [3.8, 4) is 0 Å². The number of unbranched alkanes of at least 4 members (excludes halogenated alkanes) is 2. The van der Waals surface area contributed by atoms with Gasteiger partial charge in [-0.15, -0.1) is 6.58 Å². The molecule has 0 aliphatic carbocycles. The maximum Gasteiger partial charge on any atom is 0.310 e. The van der Waals surface area contributed by atoms with Crippen molar-refractivity contribution < 1.29 is 29.3 Å². The Morgan fingerprint density at radius 2 is 2.17 bits per heavy atom. The van der Waals surface area contributed by atoms with E-state index in [0.29, 0.717) is 19.5 Å². The van der Waals surface area contributed by atoms with Gasteiger partial charge in [0, 0.05) is 24.5 Å². The standard InChI is InChI=1S/C20H29BrN2O6/c1-3-5-6-8-22(7-4-2)18(26)16-20-11-12(21)15(29-20)13(19(27)28)14(20)17(25)23(16)9-10-24/h4,12-16,24H,2-3,5-11H2,1H3,(H,27,28)/t12?,13-,14+,15-,16-,20+/m1/s1. The maximum atomic E-state index is 13.6. The smallest absolute Gasteiger partial charge is 0.310 e. The number of carbonyl (C=O) groups is 3. The first kappa shape index (κ1) is 22.2. The molecule has 3 fully saturated rings. The van der Waals surface area contributed by atoms with Gasteiger partial charge in [0.05, 0.1) is 24.5 Å². The van der Waals surface area contributed by atoms with Gasteiger partial charge in [-0.05, 0) is 12.8 Å². The minimum atomic E-state index is -1.19. The molecule has 3 aliphatic heterocycles. The molecule has 1 spiro atoms. The number of rotatable bonds is 10. The van der Waals surface area contributed by atoms with Crippen LogP contribution in [0.2, 0.25) is 0 Å². The van der Waals surface area contributed by atoms with Crippen molar-refractivity contribution in [2.75, 3.05) is 26.2 Å². The van der Waals surface area contributed by atoms with Gasteiger partial charge in [-0.25, -0.2) is 0 Å². The fraction of sp³-hybridized carbons (Fsp3) is 0.750. The van der Waals surface area contributed by atoms with Gasteiger partial charge >= 0.3 is 5.97 Å². The Hall–Kier alpha value is -1.45. The normalized spacial score (nSPS) is 35.1. The molecule has 8 nitrogen and oxygen atoms in total. The molecule has 3 aliphatic rings. The molecule has 29 heavy (non-hydrogen) atoms. The third kappa shape index (κ3) is 3.51. The number of amides is 2. The predicted octanol–water partition coefficient (Wildman–Crippen LogP) is 1.02. The number of carboxylic acid groups (broad SMARTS) is 1. The van der Waals surface area contributed by atoms with E-state index in [0.717, 1.165) is 19.3 Å². The predicted molar refractivity (Wildman–Crippen MR) is 108 cm³/mol. The molecule has 0 aromatic heterocycles. The summed E-state index contributed by atoms with van der Waals surface area (Å²) >= 11 is 3.50. The summed E-state index contributed by atoms with van der Waals surface area (Å²) in [5, 5.41) is 19.3. The molecule has 0 saturated carbocycles. The van der Waals surface area contributed by atoms with Gasteiger partial charge in [0.15, 0.2) is 0 Å². The van der Waals surface area contributed by atoms with E-state index in [4.69, 9.17) is 4.74 Å². The Bertz CT molecular complexity index is 688. The molecule has 162 valence electrons. The number of ether oxygens (including phenoxy) is 1. The van der Waals surface area contributed by atoms with Crippen LogP contribution in [0.25, 0.3) is 0 Å². The zero-order valence-corrected chi connectivity index (χ0v) is 18.2. The minimum absolute atomic E-state index is 0.0301. The van der Waals surface area contributed by atoms with Crippen molar-refractivity contribution in [2.24, 2.45) is 11.8 Å². The largest absolute Gasteiger partial charge is 0.481 e. The molecule has 6 atom stereocenters. The zero-order chi connectivity index (χ0) is 21.3. The van der Waals surface area contributed by atoms with Crippen LogP contribution >= 0.6 is 15.9 Å². The molecule has 2 bridgehead atoms. The van der Waals surface area contributed by atoms with Gasteiger partial charge in [-0.2, -0.15) is 0 Å². The molecule has 3 saturated heterocycles. The van der Waals surface area contributed by atoms with Crippen LogP contribution in [0.3, 0.4) is 0 Å². The second kappa shape index (κ2) is 8.73. The Kier molecular flexibility index (Phi) is 6.70. The maximum absolute atomic E-state index is 13.6. The number of alkyl halides is 1. The van der Waals surface area contributed by atoms with Crippen LogP contribution in [-0.2, 0) is 19.1 Å². The number of carboxylic acids is 1. The number of β-amino-alcohol motifs (C(OH)–C–C–N with tert-alkyl or cyclic N) is 1. The molecule has 3 rings (SSSR count). The van der Waals surface area contributed by atoms with Gasteiger partial charge in [-0.1, -0.05) is 41.8 Å². The Morgan fingerprint density at radius 1 is 1.45 bits per heavy atom. The van der Waals surface area contributed by atoms with Crippen molar-refractivity contribution in [3.63, 3.8) is 0 Å². The van der Waals surface area contributed by atoms with E-state index >= 15 is 0 Å². The molecule has 1 unspecified atom stereocenters. The zero-order valence-electron chi connectivity index (χ0n) is 16.6. The molecule has 0 aromatic rings. The quantitative estimate of drug-likeness (QED) is 0.279. The van der Waals surface area contributed by atoms with Crippen molar-refractivity contribution >= 4 is 33.7 Å². The van der Waals surface area contributed by atoms with E-state index in [2.05, 4.69) is 29.4 Å². The summed E-state index contributed by atoms with van der Waals surface area (Å²) in [7, 11) is 0. The molecular formula is C20H29BrN2O6. The van der Waals surface area contributed by atoms with E-state index in [1.165, 1.54) is 4.90 Å². The monoisotopic (exact) mass is 472 g/mol. The highest BCUT2D eigenvalue weighted by Crippen LogP contribution is 2.60. The summed E-state index contributed by atoms with van der Waals surface area (Å²) in [6.45, 7) is 6.34. The number of aliphatic carboxylic acids is 1. The van der Waals surface area contributed by atoms with Crippen molar-refractivity contribution in [2.45, 2.75) is 55.2 Å². The van der Waals surface area contributed by atoms with Crippen LogP contribution in [0, 0.1) is 11.8 Å². The van der Waals surface area contributed by atoms with Gasteiger partial charge in [0.2, 0.25) is 11.8 Å². The minimum Gasteiger partial charge on any atom is -0.481 e. The third-order valence-corrected chi connectivity index (χ3v) is 7.19. The van der Waals surface area contributed by atoms with Crippen molar-refractivity contribution in [1.29, 1.82) is 0 Å². The highest BCUT2D eigenvalue weighted by atomic mass is 79.9. The first-order valence-corrected chi connectivity index (χ1v) is 11.1. The van der Waals surface area contributed by atoms with Crippen LogP contribution in [0.1, 0.15) is 32.6 Å². The highest BCUT2D eigenvalue weighted by molar-refractivity contribution is 9.09. The third-order valence-electron chi connectivity index (χ3n) is 6.34. The van der Waals surface area contributed by atoms with E-state index in [-0.39, 0.29) is 23.9 Å². The Labute approximate surface area is 179 Å². The van der Waals surface area contributed by atoms with E-state index < -0.39 is 41.5 Å². The fourth-order valence-corrected chi connectivity index (χ4v) is 6.15. The molecule has 2 N–H and O–H groups in total. The van der Waals surface area contributed by atoms with Gasteiger partial charge in [0.25, 0.3) is 0 Å². The number of carbonyl (C=O) groups excluding carboxylic acids is 2. The first-order valence-electron chi connectivity index (χ1n) is 10.2. The molecule has 0 aromatic carbocycles. The molecule has 3 heterocycles. The van der Waals surface area contributed by atoms with Gasteiger partial charge in [-0.3, -0.25) is 14.4 Å². The van der Waals surface area contributed by atoms with Crippen LogP contribution < -0.4 is 0 Å². The lowest BCUT2D eigenvalue weighted by Gasteiger charge is -2.36. The number of halogens is 1. The number of nitrogens with zero attached hydrogens (tertiary/aromatic N) is 2. The van der Waals surface area contributed by atoms with Gasteiger partial charge < -0.3 is 24.7 Å². The van der Waals surface area contributed by atoms with E-state index in [1.807, 2.05) is 0 Å². The number of aliphatic hydroxyl groups excluding tert-OH is 1. The summed E-state index contributed by atoms with van der Waals surface area (Å²) < 4.78 is 6.16. The highest BCUT2D eigenvalue weighted by Gasteiger charge is 2.76. The number of likely N-dealkylation sites (tertiary alicyclic amines) is 1. The number of hydrogen-bond acceptors (Lipinski definition) is 5. The first-order chi connectivity index (χ1) is 13.8. The van der Waals surface area contributed by atoms with Crippen LogP contribution in [0.15, 0.2) is 12.7 Å². The summed E-state index contributed by atoms with van der Waals surface area (Å²) in [6.07, 6.45) is 4.19. The van der Waals surface area contributed by atoms with Crippen LogP contribution in [0.5, 0.6) is 0 Å². The number of aliphatic hydroxyl groups is 1. The number of fused-ring (bicyclic) bond motifs is 1. The lowest BCUT2D eigenvalue weighted by Crippen LogP contribution is -2.57. The van der Waals surface area contributed by atoms with Crippen LogP contribution in [-0.4, -0.2) is 86.6 Å². The second-order valence-corrected chi connectivity index (χ2v) is 9.21. The lowest BCUT2D eigenvalue weighted by atomic mass is 9.70. The summed E-state index contributed by atoms with van der Waals surface area (Å²) in [5.74, 6) is -3.70. The second-order valence-electron chi connectivity index (χ2n) is 8.04. The molecular weight excluding hydrogens is 444 g/mol. The number of hydrogen-bond donors (Lipinski definition) is 2. The van der Waals surface area contributed by atoms with Crippen LogP contribution in [0.4, 0.5) is 0 Å². The van der Waals surface area contributed by atoms with Crippen molar-refractivity contribution in [3.05, 3.63) is 12.7 Å². The fourth-order valence-electron chi connectivity index (χ4n) is 5.21. The summed E-state index contributed by atoms with van der Waals surface area (Å²) in [4.78, 5) is 41.5. The molecule has 9 heteroatoms. The summed E-state index contributed by atoms with van der Waals surface area (Å²) in [5.41, 5.74) is -1.19. The van der Waals surface area contributed by atoms with E-state index in [9.17, 15) is 24.6 Å². The summed E-state index contributed by atoms with van der Waals surface area (Å²) in [6, 6.07) is -0.942.